The van der Waals surface area contributed by atoms with Crippen LogP contribution in [0.3, 0.4) is 0 Å². The van der Waals surface area contributed by atoms with Crippen molar-refractivity contribution in [3.63, 3.8) is 0 Å². The Labute approximate surface area is 103 Å². The summed E-state index contributed by atoms with van der Waals surface area (Å²) >= 11 is 0. The van der Waals surface area contributed by atoms with Crippen molar-refractivity contribution < 1.29 is 0 Å². The van der Waals surface area contributed by atoms with E-state index < -0.39 is 0 Å². The van der Waals surface area contributed by atoms with E-state index in [1.165, 1.54) is 11.1 Å². The predicted octanol–water partition coefficient (Wildman–Crippen LogP) is 2.94. The minimum atomic E-state index is 0.0184. The van der Waals surface area contributed by atoms with E-state index in [2.05, 4.69) is 42.2 Å². The highest BCUT2D eigenvalue weighted by atomic mass is 14.7. The summed E-state index contributed by atoms with van der Waals surface area (Å²) in [5.41, 5.74) is 10.9. The van der Waals surface area contributed by atoms with Crippen LogP contribution in [0.2, 0.25) is 0 Å². The van der Waals surface area contributed by atoms with Gasteiger partial charge >= 0.3 is 0 Å². The summed E-state index contributed by atoms with van der Waals surface area (Å²) in [5, 5.41) is 0. The van der Waals surface area contributed by atoms with Crippen LogP contribution in [0.1, 0.15) is 28.4 Å². The lowest BCUT2D eigenvalue weighted by molar-refractivity contribution is 0.717. The summed E-state index contributed by atoms with van der Waals surface area (Å²) < 4.78 is 0. The fraction of sp³-hybridized carbons (Fsp3) is 0.267. The molecular weight excluding hydrogens is 208 g/mol. The molecule has 17 heavy (non-hydrogen) atoms. The van der Waals surface area contributed by atoms with Crippen LogP contribution in [0.4, 0.5) is 0 Å². The van der Waals surface area contributed by atoms with Gasteiger partial charge < -0.3 is 5.73 Å². The van der Waals surface area contributed by atoms with E-state index in [0.29, 0.717) is 0 Å². The first-order chi connectivity index (χ1) is 8.15. The van der Waals surface area contributed by atoms with Crippen molar-refractivity contribution in [1.82, 2.24) is 4.98 Å². The van der Waals surface area contributed by atoms with E-state index >= 15 is 0 Å². The van der Waals surface area contributed by atoms with Gasteiger partial charge in [-0.2, -0.15) is 0 Å². The molecule has 0 aliphatic rings. The summed E-state index contributed by atoms with van der Waals surface area (Å²) in [5.74, 6) is 0. The Morgan fingerprint density at radius 3 is 2.65 bits per heavy atom. The molecule has 0 spiro atoms. The average Bonchev–Trinajstić information content (AvgIpc) is 2.29. The Morgan fingerprint density at radius 1 is 1.18 bits per heavy atom. The first-order valence-electron chi connectivity index (χ1n) is 5.89. The average molecular weight is 226 g/mol. The zero-order valence-electron chi connectivity index (χ0n) is 10.4. The number of nitrogens with two attached hydrogens (primary N) is 1. The van der Waals surface area contributed by atoms with Gasteiger partial charge in [0.2, 0.25) is 0 Å². The van der Waals surface area contributed by atoms with E-state index in [1.54, 1.807) is 0 Å². The van der Waals surface area contributed by atoms with Crippen LogP contribution in [-0.4, -0.2) is 4.98 Å². The molecule has 1 aromatic heterocycles. The SMILES string of the molecule is Cc1cccc(CC(N)c2ccc(C)nc2)c1. The first-order valence-corrected chi connectivity index (χ1v) is 5.89. The minimum Gasteiger partial charge on any atom is -0.324 e. The maximum Gasteiger partial charge on any atom is 0.0372 e. The topological polar surface area (TPSA) is 38.9 Å². The predicted molar refractivity (Wildman–Crippen MR) is 70.8 cm³/mol. The van der Waals surface area contributed by atoms with E-state index in [1.807, 2.05) is 19.2 Å². The molecular formula is C15H18N2. The minimum absolute atomic E-state index is 0.0184. The second kappa shape index (κ2) is 5.11. The molecule has 1 heterocycles. The number of aromatic nitrogens is 1. The van der Waals surface area contributed by atoms with Crippen LogP contribution in [0.25, 0.3) is 0 Å². The third-order valence-electron chi connectivity index (χ3n) is 2.90. The van der Waals surface area contributed by atoms with Crippen molar-refractivity contribution >= 4 is 0 Å². The molecule has 2 aromatic rings. The Kier molecular flexibility index (Phi) is 3.55. The zero-order chi connectivity index (χ0) is 12.3. The number of rotatable bonds is 3. The Morgan fingerprint density at radius 2 is 2.00 bits per heavy atom. The van der Waals surface area contributed by atoms with Crippen molar-refractivity contribution in [3.8, 4) is 0 Å². The van der Waals surface area contributed by atoms with Crippen LogP contribution >= 0.6 is 0 Å². The van der Waals surface area contributed by atoms with E-state index in [0.717, 1.165) is 17.7 Å². The molecule has 2 nitrogen and oxygen atoms in total. The summed E-state index contributed by atoms with van der Waals surface area (Å²) in [6.07, 6.45) is 2.72. The van der Waals surface area contributed by atoms with Crippen molar-refractivity contribution in [2.75, 3.05) is 0 Å². The number of aryl methyl sites for hydroxylation is 2. The smallest absolute Gasteiger partial charge is 0.0372 e. The Hall–Kier alpha value is -1.67. The highest BCUT2D eigenvalue weighted by Gasteiger charge is 2.07. The molecule has 0 saturated heterocycles. The Bertz CT molecular complexity index is 489. The number of hydrogen-bond donors (Lipinski definition) is 1. The highest BCUT2D eigenvalue weighted by Crippen LogP contribution is 2.16. The molecule has 0 fully saturated rings. The van der Waals surface area contributed by atoms with Crippen LogP contribution in [0.5, 0.6) is 0 Å². The van der Waals surface area contributed by atoms with Crippen LogP contribution in [-0.2, 0) is 6.42 Å². The largest absolute Gasteiger partial charge is 0.324 e. The van der Waals surface area contributed by atoms with Gasteiger partial charge in [0.05, 0.1) is 0 Å². The molecule has 1 atom stereocenters. The van der Waals surface area contributed by atoms with Crippen molar-refractivity contribution in [2.45, 2.75) is 26.3 Å². The monoisotopic (exact) mass is 226 g/mol. The maximum absolute atomic E-state index is 6.19. The quantitative estimate of drug-likeness (QED) is 0.874. The van der Waals surface area contributed by atoms with Crippen LogP contribution in [0, 0.1) is 13.8 Å². The van der Waals surface area contributed by atoms with Gasteiger partial charge in [-0.15, -0.1) is 0 Å². The van der Waals surface area contributed by atoms with Crippen LogP contribution in [0.15, 0.2) is 42.6 Å². The van der Waals surface area contributed by atoms with Gasteiger partial charge in [-0.3, -0.25) is 4.98 Å². The number of benzene rings is 1. The van der Waals surface area contributed by atoms with Crippen molar-refractivity contribution in [1.29, 1.82) is 0 Å². The molecule has 0 aliphatic carbocycles. The molecule has 1 aromatic carbocycles. The molecule has 0 radical (unpaired) electrons. The lowest BCUT2D eigenvalue weighted by atomic mass is 10.00. The second-order valence-corrected chi connectivity index (χ2v) is 4.53. The third kappa shape index (κ3) is 3.14. The molecule has 1 unspecified atom stereocenters. The molecule has 0 saturated carbocycles. The lowest BCUT2D eigenvalue weighted by Crippen LogP contribution is -2.13. The molecule has 0 bridgehead atoms. The fourth-order valence-corrected chi connectivity index (χ4v) is 1.91. The van der Waals surface area contributed by atoms with Gasteiger partial charge in [0, 0.05) is 17.9 Å². The number of pyridine rings is 1. The molecule has 2 rings (SSSR count). The summed E-state index contributed by atoms with van der Waals surface area (Å²) in [6.45, 7) is 4.08. The normalized spacial score (nSPS) is 12.4. The van der Waals surface area contributed by atoms with Crippen molar-refractivity contribution in [2.24, 2.45) is 5.73 Å². The molecule has 2 heteroatoms. The third-order valence-corrected chi connectivity index (χ3v) is 2.90. The van der Waals surface area contributed by atoms with Gasteiger partial charge in [0.1, 0.15) is 0 Å². The van der Waals surface area contributed by atoms with Gasteiger partial charge in [-0.1, -0.05) is 35.9 Å². The second-order valence-electron chi connectivity index (χ2n) is 4.53. The van der Waals surface area contributed by atoms with E-state index in [4.69, 9.17) is 5.73 Å². The van der Waals surface area contributed by atoms with Gasteiger partial charge in [-0.05, 0) is 37.5 Å². The Balaban J connectivity index is 2.11. The molecule has 2 N–H and O–H groups in total. The molecule has 0 amide bonds. The fourth-order valence-electron chi connectivity index (χ4n) is 1.91. The highest BCUT2D eigenvalue weighted by molar-refractivity contribution is 5.25. The standard InChI is InChI=1S/C15H18N2/c1-11-4-3-5-13(8-11)9-15(16)14-7-6-12(2)17-10-14/h3-8,10,15H,9,16H2,1-2H3. The van der Waals surface area contributed by atoms with E-state index in [9.17, 15) is 0 Å². The van der Waals surface area contributed by atoms with Gasteiger partial charge in [-0.25, -0.2) is 0 Å². The number of nitrogens with zero attached hydrogens (tertiary/aromatic N) is 1. The molecule has 88 valence electrons. The van der Waals surface area contributed by atoms with E-state index in [-0.39, 0.29) is 6.04 Å². The lowest BCUT2D eigenvalue weighted by Gasteiger charge is -2.12. The summed E-state index contributed by atoms with van der Waals surface area (Å²) in [4.78, 5) is 4.28. The van der Waals surface area contributed by atoms with Gasteiger partial charge in [0.25, 0.3) is 0 Å². The molecule has 0 aliphatic heterocycles. The maximum atomic E-state index is 6.19. The number of hydrogen-bond acceptors (Lipinski definition) is 2. The zero-order valence-corrected chi connectivity index (χ0v) is 10.4. The summed E-state index contributed by atoms with van der Waals surface area (Å²) in [7, 11) is 0. The van der Waals surface area contributed by atoms with Crippen molar-refractivity contribution in [3.05, 3.63) is 65.0 Å². The summed E-state index contributed by atoms with van der Waals surface area (Å²) in [6, 6.07) is 12.6. The van der Waals surface area contributed by atoms with Crippen LogP contribution < -0.4 is 5.73 Å². The van der Waals surface area contributed by atoms with Gasteiger partial charge in [0.15, 0.2) is 0 Å². The first kappa shape index (κ1) is 11.8.